The van der Waals surface area contributed by atoms with E-state index in [0.717, 1.165) is 61.8 Å². The summed E-state index contributed by atoms with van der Waals surface area (Å²) in [6.45, 7) is -0.375. The number of esters is 1. The molecule has 0 N–H and O–H groups in total. The third-order valence-electron chi connectivity index (χ3n) is 8.24. The van der Waals surface area contributed by atoms with Gasteiger partial charge in [0.2, 0.25) is 0 Å². The molecular weight excluding hydrogens is 480 g/mol. The molecule has 2 saturated carbocycles. The van der Waals surface area contributed by atoms with E-state index in [1.54, 1.807) is 24.3 Å². The van der Waals surface area contributed by atoms with Gasteiger partial charge in [0.05, 0.1) is 11.1 Å². The molecule has 2 aromatic carbocycles. The van der Waals surface area contributed by atoms with Crippen molar-refractivity contribution in [1.82, 2.24) is 9.80 Å². The number of hydrogen-bond acceptors (Lipinski definition) is 5. The van der Waals surface area contributed by atoms with Crippen LogP contribution in [-0.2, 0) is 20.7 Å². The molecule has 3 aliphatic rings. The van der Waals surface area contributed by atoms with E-state index in [2.05, 4.69) is 0 Å². The molecule has 1 heterocycles. The molecule has 7 nitrogen and oxygen atoms in total. The molecule has 1 atom stereocenters. The molecule has 200 valence electrons. The molecule has 38 heavy (non-hydrogen) atoms. The number of hydrogen-bond donors (Lipinski definition) is 0. The number of nitrogens with zero attached hydrogens (tertiary/aromatic N) is 2. The maximum atomic E-state index is 13.6. The Kier molecular flexibility index (Phi) is 8.20. The highest BCUT2D eigenvalue weighted by molar-refractivity contribution is 6.22. The Balaban J connectivity index is 1.34. The van der Waals surface area contributed by atoms with Crippen molar-refractivity contribution in [3.05, 3.63) is 71.3 Å². The fourth-order valence-corrected chi connectivity index (χ4v) is 6.34. The lowest BCUT2D eigenvalue weighted by Crippen LogP contribution is -2.51. The summed E-state index contributed by atoms with van der Waals surface area (Å²) in [6.07, 6.45) is 10.9. The number of carbonyl (C=O) groups excluding carboxylic acids is 4. The Morgan fingerprint density at radius 3 is 1.79 bits per heavy atom. The van der Waals surface area contributed by atoms with E-state index in [1.807, 2.05) is 35.2 Å². The van der Waals surface area contributed by atoms with Crippen LogP contribution in [0.4, 0.5) is 0 Å². The predicted molar refractivity (Wildman–Crippen MR) is 142 cm³/mol. The summed E-state index contributed by atoms with van der Waals surface area (Å²) in [7, 11) is 0. The van der Waals surface area contributed by atoms with Crippen LogP contribution in [0, 0.1) is 0 Å². The van der Waals surface area contributed by atoms with Crippen LogP contribution in [0.3, 0.4) is 0 Å². The molecule has 0 radical (unpaired) electrons. The molecule has 7 heteroatoms. The Labute approximate surface area is 224 Å². The van der Waals surface area contributed by atoms with E-state index in [0.29, 0.717) is 0 Å². The third-order valence-corrected chi connectivity index (χ3v) is 8.24. The molecular formula is C31H36N2O5. The topological polar surface area (TPSA) is 84.0 Å². The Bertz CT molecular complexity index is 1110. The second kappa shape index (κ2) is 11.9. The number of rotatable bonds is 8. The first-order valence-corrected chi connectivity index (χ1v) is 14.0. The minimum atomic E-state index is -1.16. The molecule has 0 spiro atoms. The van der Waals surface area contributed by atoms with Gasteiger partial charge in [0.15, 0.2) is 6.61 Å². The zero-order valence-corrected chi connectivity index (χ0v) is 21.8. The normalized spacial score (nSPS) is 19.2. The zero-order valence-electron chi connectivity index (χ0n) is 21.8. The van der Waals surface area contributed by atoms with Gasteiger partial charge in [-0.05, 0) is 43.4 Å². The maximum absolute atomic E-state index is 13.6. The number of benzene rings is 2. The SMILES string of the molecule is O=C(OCC(=O)N(C1CCCCC1)C1CCCCC1)[C@H](Cc1ccccc1)N1C(=O)c2ccccc2C1=O. The molecule has 5 rings (SSSR count). The summed E-state index contributed by atoms with van der Waals surface area (Å²) in [5.74, 6) is -1.93. The van der Waals surface area contributed by atoms with Gasteiger partial charge in [-0.25, -0.2) is 4.79 Å². The van der Waals surface area contributed by atoms with Crippen LogP contribution < -0.4 is 0 Å². The van der Waals surface area contributed by atoms with Gasteiger partial charge in [0.25, 0.3) is 17.7 Å². The van der Waals surface area contributed by atoms with E-state index in [9.17, 15) is 19.2 Å². The lowest BCUT2D eigenvalue weighted by atomic mass is 9.88. The van der Waals surface area contributed by atoms with Crippen molar-refractivity contribution < 1.29 is 23.9 Å². The molecule has 1 aliphatic heterocycles. The van der Waals surface area contributed by atoms with E-state index in [1.165, 1.54) is 12.8 Å². The van der Waals surface area contributed by atoms with Crippen molar-refractivity contribution in [1.29, 1.82) is 0 Å². The highest BCUT2D eigenvalue weighted by Gasteiger charge is 2.44. The van der Waals surface area contributed by atoms with E-state index < -0.39 is 23.8 Å². The molecule has 2 aromatic rings. The monoisotopic (exact) mass is 516 g/mol. The van der Waals surface area contributed by atoms with E-state index in [4.69, 9.17) is 4.74 Å². The number of ether oxygens (including phenoxy) is 1. The molecule has 3 amide bonds. The van der Waals surface area contributed by atoms with Crippen LogP contribution in [0.5, 0.6) is 0 Å². The van der Waals surface area contributed by atoms with Crippen molar-refractivity contribution >= 4 is 23.7 Å². The highest BCUT2D eigenvalue weighted by atomic mass is 16.5. The van der Waals surface area contributed by atoms with Crippen LogP contribution >= 0.6 is 0 Å². The standard InChI is InChI=1S/C31H36N2O5/c34-28(32(23-14-6-2-7-15-23)24-16-8-3-9-17-24)21-38-31(37)27(20-22-12-4-1-5-13-22)33-29(35)25-18-10-11-19-26(25)30(33)36/h1,4-5,10-13,18-19,23-24,27H,2-3,6-9,14-17,20-21H2/t27-/m0/s1. The minimum absolute atomic E-state index is 0.119. The van der Waals surface area contributed by atoms with Gasteiger partial charge >= 0.3 is 5.97 Å². The van der Waals surface area contributed by atoms with Gasteiger partial charge in [-0.3, -0.25) is 19.3 Å². The average molecular weight is 517 g/mol. The second-order valence-corrected chi connectivity index (χ2v) is 10.7. The summed E-state index contributed by atoms with van der Waals surface area (Å²) in [5.41, 5.74) is 1.35. The third kappa shape index (κ3) is 5.52. The number of fused-ring (bicyclic) bond motifs is 1. The maximum Gasteiger partial charge on any atom is 0.330 e. The summed E-state index contributed by atoms with van der Waals surface area (Å²) >= 11 is 0. The van der Waals surface area contributed by atoms with Crippen molar-refractivity contribution in [3.63, 3.8) is 0 Å². The summed E-state index contributed by atoms with van der Waals surface area (Å²) in [6, 6.07) is 15.0. The largest absolute Gasteiger partial charge is 0.454 e. The lowest BCUT2D eigenvalue weighted by Gasteiger charge is -2.41. The van der Waals surface area contributed by atoms with Crippen molar-refractivity contribution in [2.24, 2.45) is 0 Å². The summed E-state index contributed by atoms with van der Waals surface area (Å²) < 4.78 is 5.63. The van der Waals surface area contributed by atoms with Gasteiger partial charge in [-0.2, -0.15) is 0 Å². The van der Waals surface area contributed by atoms with Crippen LogP contribution in [0.25, 0.3) is 0 Å². The van der Waals surface area contributed by atoms with Gasteiger partial charge in [-0.1, -0.05) is 81.0 Å². The van der Waals surface area contributed by atoms with Crippen LogP contribution in [0.15, 0.2) is 54.6 Å². The van der Waals surface area contributed by atoms with Gasteiger partial charge in [0.1, 0.15) is 6.04 Å². The number of amides is 3. The van der Waals surface area contributed by atoms with Crippen LogP contribution in [0.1, 0.15) is 90.5 Å². The minimum Gasteiger partial charge on any atom is -0.454 e. The Hall–Kier alpha value is -3.48. The smallest absolute Gasteiger partial charge is 0.330 e. The van der Waals surface area contributed by atoms with Crippen molar-refractivity contribution in [2.45, 2.75) is 88.8 Å². The Morgan fingerprint density at radius 1 is 0.763 bits per heavy atom. The van der Waals surface area contributed by atoms with Crippen molar-refractivity contribution in [2.75, 3.05) is 6.61 Å². The van der Waals surface area contributed by atoms with Crippen molar-refractivity contribution in [3.8, 4) is 0 Å². The summed E-state index contributed by atoms with van der Waals surface area (Å²) in [4.78, 5) is 56.5. The summed E-state index contributed by atoms with van der Waals surface area (Å²) in [5, 5.41) is 0. The first-order chi connectivity index (χ1) is 18.5. The molecule has 2 aliphatic carbocycles. The average Bonchev–Trinajstić information content (AvgIpc) is 3.21. The number of imide groups is 1. The molecule has 0 aromatic heterocycles. The molecule has 0 unspecified atom stereocenters. The highest BCUT2D eigenvalue weighted by Crippen LogP contribution is 2.31. The molecule has 0 bridgehead atoms. The number of carbonyl (C=O) groups is 4. The van der Waals surface area contributed by atoms with Gasteiger partial charge < -0.3 is 9.64 Å². The first kappa shape index (κ1) is 26.1. The lowest BCUT2D eigenvalue weighted by molar-refractivity contribution is -0.158. The molecule has 0 saturated heterocycles. The Morgan fingerprint density at radius 2 is 1.26 bits per heavy atom. The fourth-order valence-electron chi connectivity index (χ4n) is 6.34. The first-order valence-electron chi connectivity index (χ1n) is 14.0. The zero-order chi connectivity index (χ0) is 26.5. The molecule has 2 fully saturated rings. The van der Waals surface area contributed by atoms with Gasteiger partial charge in [-0.15, -0.1) is 0 Å². The quantitative estimate of drug-likeness (QED) is 0.367. The van der Waals surface area contributed by atoms with Crippen LogP contribution in [0.2, 0.25) is 0 Å². The second-order valence-electron chi connectivity index (χ2n) is 10.7. The van der Waals surface area contributed by atoms with Crippen LogP contribution in [-0.4, -0.2) is 58.2 Å². The van der Waals surface area contributed by atoms with Gasteiger partial charge in [0, 0.05) is 18.5 Å². The van der Waals surface area contributed by atoms with E-state index >= 15 is 0 Å². The van der Waals surface area contributed by atoms with E-state index in [-0.39, 0.29) is 42.1 Å². The predicted octanol–water partition coefficient (Wildman–Crippen LogP) is 4.93. The fraction of sp³-hybridized carbons (Fsp3) is 0.484.